The van der Waals surface area contributed by atoms with Crippen molar-refractivity contribution in [2.75, 3.05) is 0 Å². The molecular formula is C32H46. The van der Waals surface area contributed by atoms with Gasteiger partial charge in [0.2, 0.25) is 0 Å². The molecule has 0 saturated heterocycles. The lowest BCUT2D eigenvalue weighted by Crippen LogP contribution is -2.01. The molecule has 0 aliphatic heterocycles. The molecule has 0 nitrogen and oxygen atoms in total. The second-order valence-electron chi connectivity index (χ2n) is 9.32. The smallest absolute Gasteiger partial charge is 0.0452 e. The fourth-order valence-corrected chi connectivity index (χ4v) is 4.69. The standard InChI is InChI=1S/C32H46/c1-6-11-18-29(32-23-22-28(14-8-3)31(25-32)16-10-5)19-12-17-26-20-21-27(13-7-2)30(24-26)15-9-4/h20-25,29H,6-11,13-18H2,1-5H3. The number of rotatable bonds is 13. The predicted octanol–water partition coefficient (Wildman–Crippen LogP) is 9.02. The third kappa shape index (κ3) is 8.16. The molecule has 1 unspecified atom stereocenters. The minimum absolute atomic E-state index is 0.357. The van der Waals surface area contributed by atoms with Crippen LogP contribution in [0.3, 0.4) is 0 Å². The molecule has 0 radical (unpaired) electrons. The fraction of sp³-hybridized carbons (Fsp3) is 0.562. The van der Waals surface area contributed by atoms with Gasteiger partial charge in [-0.2, -0.15) is 0 Å². The van der Waals surface area contributed by atoms with Crippen molar-refractivity contribution >= 4 is 0 Å². The highest BCUT2D eigenvalue weighted by Gasteiger charge is 2.11. The summed E-state index contributed by atoms with van der Waals surface area (Å²) in [5.74, 6) is 7.61. The molecule has 0 N–H and O–H groups in total. The van der Waals surface area contributed by atoms with E-state index in [4.69, 9.17) is 0 Å². The highest BCUT2D eigenvalue weighted by Crippen LogP contribution is 2.26. The lowest BCUT2D eigenvalue weighted by Gasteiger charge is -2.15. The summed E-state index contributed by atoms with van der Waals surface area (Å²) >= 11 is 0. The molecule has 2 aromatic carbocycles. The van der Waals surface area contributed by atoms with E-state index in [9.17, 15) is 0 Å². The molecule has 174 valence electrons. The molecule has 1 atom stereocenters. The van der Waals surface area contributed by atoms with Crippen LogP contribution in [0.25, 0.3) is 0 Å². The fourth-order valence-electron chi connectivity index (χ4n) is 4.69. The summed E-state index contributed by atoms with van der Waals surface area (Å²) < 4.78 is 0. The zero-order valence-electron chi connectivity index (χ0n) is 21.5. The third-order valence-corrected chi connectivity index (χ3v) is 6.40. The van der Waals surface area contributed by atoms with Gasteiger partial charge >= 0.3 is 0 Å². The van der Waals surface area contributed by atoms with Gasteiger partial charge in [-0.1, -0.05) is 121 Å². The second-order valence-corrected chi connectivity index (χ2v) is 9.32. The minimum atomic E-state index is 0.357. The maximum absolute atomic E-state index is 3.68. The Labute approximate surface area is 199 Å². The highest BCUT2D eigenvalue weighted by molar-refractivity contribution is 5.39. The van der Waals surface area contributed by atoms with Gasteiger partial charge in [-0.25, -0.2) is 0 Å². The number of unbranched alkanes of at least 4 members (excludes halogenated alkanes) is 1. The average Bonchev–Trinajstić information content (AvgIpc) is 2.79. The molecule has 2 aromatic rings. The van der Waals surface area contributed by atoms with E-state index in [1.54, 1.807) is 5.56 Å². The van der Waals surface area contributed by atoms with E-state index in [0.717, 1.165) is 6.42 Å². The second kappa shape index (κ2) is 14.9. The Morgan fingerprint density at radius 1 is 0.625 bits per heavy atom. The number of hydrogen-bond donors (Lipinski definition) is 0. The van der Waals surface area contributed by atoms with Gasteiger partial charge < -0.3 is 0 Å². The van der Waals surface area contributed by atoms with E-state index in [0.29, 0.717) is 5.92 Å². The van der Waals surface area contributed by atoms with Crippen LogP contribution in [0.5, 0.6) is 0 Å². The summed E-state index contributed by atoms with van der Waals surface area (Å²) in [6.07, 6.45) is 14.1. The molecule has 0 saturated carbocycles. The Morgan fingerprint density at radius 3 is 1.78 bits per heavy atom. The van der Waals surface area contributed by atoms with Gasteiger partial charge in [0.25, 0.3) is 0 Å². The number of hydrogen-bond acceptors (Lipinski definition) is 0. The van der Waals surface area contributed by atoms with E-state index in [1.165, 1.54) is 98.4 Å². The van der Waals surface area contributed by atoms with E-state index in [1.807, 2.05) is 0 Å². The lowest BCUT2D eigenvalue weighted by molar-refractivity contribution is 0.674. The summed E-state index contributed by atoms with van der Waals surface area (Å²) in [5.41, 5.74) is 8.95. The summed E-state index contributed by atoms with van der Waals surface area (Å²) in [4.78, 5) is 0. The molecule has 0 heteroatoms. The average molecular weight is 431 g/mol. The first-order valence-corrected chi connectivity index (χ1v) is 13.4. The molecule has 0 aliphatic rings. The zero-order chi connectivity index (χ0) is 23.2. The monoisotopic (exact) mass is 430 g/mol. The first kappa shape index (κ1) is 26.3. The molecule has 0 bridgehead atoms. The van der Waals surface area contributed by atoms with E-state index < -0.39 is 0 Å². The predicted molar refractivity (Wildman–Crippen MR) is 143 cm³/mol. The van der Waals surface area contributed by atoms with Gasteiger partial charge in [-0.15, -0.1) is 0 Å². The van der Waals surface area contributed by atoms with Gasteiger partial charge in [-0.3, -0.25) is 0 Å². The topological polar surface area (TPSA) is 0 Å². The van der Waals surface area contributed by atoms with Crippen LogP contribution in [0.4, 0.5) is 0 Å². The molecule has 0 spiro atoms. The largest absolute Gasteiger partial charge is 0.0979 e. The number of aryl methyl sites for hydroxylation is 4. The minimum Gasteiger partial charge on any atom is -0.0979 e. The van der Waals surface area contributed by atoms with Crippen LogP contribution >= 0.6 is 0 Å². The Balaban J connectivity index is 2.23. The zero-order valence-corrected chi connectivity index (χ0v) is 21.5. The first-order chi connectivity index (χ1) is 15.7. The molecule has 2 rings (SSSR count). The van der Waals surface area contributed by atoms with Crippen LogP contribution in [0.1, 0.15) is 119 Å². The van der Waals surface area contributed by atoms with Crippen LogP contribution in [0.2, 0.25) is 0 Å². The van der Waals surface area contributed by atoms with Crippen molar-refractivity contribution in [1.29, 1.82) is 0 Å². The molecule has 0 aromatic heterocycles. The van der Waals surface area contributed by atoms with Gasteiger partial charge in [0.1, 0.15) is 0 Å². The van der Waals surface area contributed by atoms with Crippen LogP contribution in [-0.2, 0) is 32.1 Å². The van der Waals surface area contributed by atoms with E-state index in [-0.39, 0.29) is 0 Å². The first-order valence-electron chi connectivity index (χ1n) is 13.4. The van der Waals surface area contributed by atoms with Gasteiger partial charge in [-0.05, 0) is 65.5 Å². The van der Waals surface area contributed by atoms with Gasteiger partial charge in [0, 0.05) is 12.3 Å². The van der Waals surface area contributed by atoms with Crippen molar-refractivity contribution in [3.63, 3.8) is 0 Å². The Bertz CT molecular complexity index is 861. The summed E-state index contributed by atoms with van der Waals surface area (Å²) in [5, 5.41) is 0. The Hall–Kier alpha value is -2.00. The van der Waals surface area contributed by atoms with E-state index >= 15 is 0 Å². The SMILES string of the molecule is CCCCC(C#CCc1ccc(CCC)c(CCC)c1)c1ccc(CCC)c(CCC)c1. The Kier molecular flexibility index (Phi) is 12.3. The van der Waals surface area contributed by atoms with Crippen LogP contribution in [-0.4, -0.2) is 0 Å². The van der Waals surface area contributed by atoms with Crippen molar-refractivity contribution < 1.29 is 0 Å². The van der Waals surface area contributed by atoms with Gasteiger partial charge in [0.15, 0.2) is 0 Å². The molecule has 0 aliphatic carbocycles. The quantitative estimate of drug-likeness (QED) is 0.278. The van der Waals surface area contributed by atoms with Crippen molar-refractivity contribution in [3.8, 4) is 11.8 Å². The summed E-state index contributed by atoms with van der Waals surface area (Å²) in [7, 11) is 0. The Morgan fingerprint density at radius 2 is 1.19 bits per heavy atom. The van der Waals surface area contributed by atoms with E-state index in [2.05, 4.69) is 82.9 Å². The molecule has 32 heavy (non-hydrogen) atoms. The van der Waals surface area contributed by atoms with Crippen molar-refractivity contribution in [3.05, 3.63) is 69.8 Å². The van der Waals surface area contributed by atoms with Gasteiger partial charge in [0.05, 0.1) is 0 Å². The normalized spacial score (nSPS) is 11.8. The lowest BCUT2D eigenvalue weighted by atomic mass is 9.89. The van der Waals surface area contributed by atoms with Crippen LogP contribution in [0.15, 0.2) is 36.4 Å². The molecule has 0 fully saturated rings. The highest BCUT2D eigenvalue weighted by atomic mass is 14.2. The summed E-state index contributed by atoms with van der Waals surface area (Å²) in [6.45, 7) is 11.4. The third-order valence-electron chi connectivity index (χ3n) is 6.40. The maximum Gasteiger partial charge on any atom is 0.0452 e. The van der Waals surface area contributed by atoms with Crippen LogP contribution in [0, 0.1) is 11.8 Å². The molecule has 0 heterocycles. The van der Waals surface area contributed by atoms with Crippen molar-refractivity contribution in [2.45, 2.75) is 118 Å². The van der Waals surface area contributed by atoms with Crippen LogP contribution < -0.4 is 0 Å². The molecular weight excluding hydrogens is 384 g/mol. The maximum atomic E-state index is 3.68. The van der Waals surface area contributed by atoms with Crippen molar-refractivity contribution in [1.82, 2.24) is 0 Å². The number of benzene rings is 2. The van der Waals surface area contributed by atoms with Crippen molar-refractivity contribution in [2.24, 2.45) is 0 Å². The molecule has 0 amide bonds. The summed E-state index contributed by atoms with van der Waals surface area (Å²) in [6, 6.07) is 14.3.